The molecule has 3 aromatic heterocycles. The number of phenolic OH excluding ortho intramolecular Hbond substituents is 2. The van der Waals surface area contributed by atoms with Crippen molar-refractivity contribution in [1.82, 2.24) is 19.9 Å². The maximum Gasteiger partial charge on any atom is 0.231 e. The number of para-hydroxylation sites is 2. The van der Waals surface area contributed by atoms with Crippen LogP contribution in [0.25, 0.3) is 89.9 Å². The minimum absolute atomic E-state index is 0.152. The van der Waals surface area contributed by atoms with Crippen LogP contribution in [0.1, 0.15) is 116 Å². The van der Waals surface area contributed by atoms with E-state index in [2.05, 4.69) is 158 Å². The fourth-order valence-electron chi connectivity index (χ4n) is 9.04. The molecule has 68 heavy (non-hydrogen) atoms. The zero-order chi connectivity index (χ0) is 48.8. The van der Waals surface area contributed by atoms with E-state index in [-0.39, 0.29) is 33.2 Å². The second-order valence-electron chi connectivity index (χ2n) is 22.6. The molecular formula is C60H62N4O4. The number of nitrogens with zero attached hydrogens (tertiary/aromatic N) is 4. The van der Waals surface area contributed by atoms with Gasteiger partial charge in [0, 0.05) is 33.4 Å². The largest absolute Gasteiger partial charge is 0.507 e. The lowest BCUT2D eigenvalue weighted by Crippen LogP contribution is -2.17. The molecule has 0 amide bonds. The first-order chi connectivity index (χ1) is 31.8. The molecule has 9 aromatic rings. The topological polar surface area (TPSA) is 118 Å². The third-order valence-corrected chi connectivity index (χ3v) is 12.9. The lowest BCUT2D eigenvalue weighted by Gasteiger charge is -2.27. The summed E-state index contributed by atoms with van der Waals surface area (Å²) in [5.41, 5.74) is 16.2. The normalized spacial score (nSPS) is 12.7. The number of hydrogen-bond acceptors (Lipinski definition) is 8. The molecule has 9 rings (SSSR count). The Labute approximate surface area is 400 Å². The SMILES string of the molecule is Cc1cc(-c2cc(-c3cc(C)cc(-c4cccc5oc(-c6cc(C(C)(C)C)cc(C(C)(C)C)c6O)nc45)c3)ncn2)cc(-c2cccc3oc(-c4cc(C(C)(C)C)cc(C(C)(C)C)c4O)nc23)c1. The summed E-state index contributed by atoms with van der Waals surface area (Å²) < 4.78 is 12.9. The minimum atomic E-state index is -0.294. The van der Waals surface area contributed by atoms with Gasteiger partial charge in [-0.1, -0.05) is 132 Å². The summed E-state index contributed by atoms with van der Waals surface area (Å²) in [5.74, 6) is 1.14. The smallest absolute Gasteiger partial charge is 0.231 e. The van der Waals surface area contributed by atoms with Crippen LogP contribution in [0.2, 0.25) is 0 Å². The summed E-state index contributed by atoms with van der Waals surface area (Å²) in [6, 6.07) is 35.1. The standard InChI is InChI=1S/C60H62N4O4/c1-33-21-35(41-17-15-19-49-51(41)63-55(67-49)43-27-39(57(3,4)5)29-45(53(43)65)59(9,10)11)25-37(23-33)47-31-48(62-32-61-47)38-24-34(2)22-36(26-38)42-18-16-20-50-52(42)64-56(68-50)44-28-40(58(6,7)8)30-46(54(44)66)60(12,13)14/h15-32,65-66H,1-14H3. The van der Waals surface area contributed by atoms with Gasteiger partial charge in [-0.05, 0) is 123 Å². The van der Waals surface area contributed by atoms with E-state index in [9.17, 15) is 10.2 Å². The minimum Gasteiger partial charge on any atom is -0.507 e. The summed E-state index contributed by atoms with van der Waals surface area (Å²) in [7, 11) is 0. The zero-order valence-corrected chi connectivity index (χ0v) is 41.9. The molecule has 0 bridgehead atoms. The van der Waals surface area contributed by atoms with Crippen molar-refractivity contribution in [2.75, 3.05) is 0 Å². The van der Waals surface area contributed by atoms with Crippen LogP contribution in [0.3, 0.4) is 0 Å². The lowest BCUT2D eigenvalue weighted by molar-refractivity contribution is 0.443. The number of oxazole rings is 2. The quantitative estimate of drug-likeness (QED) is 0.169. The molecule has 2 N–H and O–H groups in total. The predicted molar refractivity (Wildman–Crippen MR) is 277 cm³/mol. The van der Waals surface area contributed by atoms with Gasteiger partial charge in [0.2, 0.25) is 11.8 Å². The highest BCUT2D eigenvalue weighted by Crippen LogP contribution is 2.46. The fourth-order valence-corrected chi connectivity index (χ4v) is 9.04. The summed E-state index contributed by atoms with van der Waals surface area (Å²) >= 11 is 0. The third kappa shape index (κ3) is 8.68. The van der Waals surface area contributed by atoms with E-state index in [1.54, 1.807) is 6.33 Å². The van der Waals surface area contributed by atoms with Crippen LogP contribution < -0.4 is 0 Å². The van der Waals surface area contributed by atoms with Crippen molar-refractivity contribution in [1.29, 1.82) is 0 Å². The first kappa shape index (κ1) is 46.1. The molecule has 0 unspecified atom stereocenters. The summed E-state index contributed by atoms with van der Waals surface area (Å²) in [6.45, 7) is 29.9. The van der Waals surface area contributed by atoms with Gasteiger partial charge in [0.05, 0.1) is 22.5 Å². The molecule has 0 atom stereocenters. The Morgan fingerprint density at radius 3 is 1.16 bits per heavy atom. The Hall–Kier alpha value is -7.06. The number of rotatable bonds is 6. The maximum atomic E-state index is 11.7. The Bertz CT molecular complexity index is 3210. The molecular weight excluding hydrogens is 841 g/mol. The first-order valence-electron chi connectivity index (χ1n) is 23.5. The lowest BCUT2D eigenvalue weighted by atomic mass is 9.79. The van der Waals surface area contributed by atoms with Crippen molar-refractivity contribution in [3.63, 3.8) is 0 Å². The van der Waals surface area contributed by atoms with Crippen LogP contribution in [0.15, 0.2) is 118 Å². The fraction of sp³-hybridized carbons (Fsp3) is 0.300. The summed E-state index contributed by atoms with van der Waals surface area (Å²) in [5, 5.41) is 23.4. The van der Waals surface area contributed by atoms with Gasteiger partial charge in [0.25, 0.3) is 0 Å². The van der Waals surface area contributed by atoms with E-state index in [0.717, 1.165) is 78.1 Å². The van der Waals surface area contributed by atoms with E-state index < -0.39 is 0 Å². The molecule has 0 aliphatic carbocycles. The van der Waals surface area contributed by atoms with E-state index in [4.69, 9.17) is 28.8 Å². The number of phenols is 2. The van der Waals surface area contributed by atoms with Crippen LogP contribution >= 0.6 is 0 Å². The number of fused-ring (bicyclic) bond motifs is 2. The van der Waals surface area contributed by atoms with Crippen molar-refractivity contribution in [2.24, 2.45) is 0 Å². The Balaban J connectivity index is 1.09. The van der Waals surface area contributed by atoms with Crippen molar-refractivity contribution in [2.45, 2.75) is 119 Å². The number of aryl methyl sites for hydroxylation is 2. The van der Waals surface area contributed by atoms with E-state index in [0.29, 0.717) is 45.1 Å². The maximum absolute atomic E-state index is 11.7. The van der Waals surface area contributed by atoms with Gasteiger partial charge in [0.15, 0.2) is 11.2 Å². The highest BCUT2D eigenvalue weighted by atomic mass is 16.4. The highest BCUT2D eigenvalue weighted by Gasteiger charge is 2.30. The van der Waals surface area contributed by atoms with Crippen LogP contribution in [-0.4, -0.2) is 30.1 Å². The van der Waals surface area contributed by atoms with Crippen LogP contribution in [0, 0.1) is 13.8 Å². The Morgan fingerprint density at radius 1 is 0.412 bits per heavy atom. The molecule has 0 aliphatic heterocycles. The van der Waals surface area contributed by atoms with Gasteiger partial charge in [-0.2, -0.15) is 0 Å². The molecule has 0 saturated heterocycles. The number of benzene rings is 6. The molecule has 346 valence electrons. The molecule has 0 saturated carbocycles. The van der Waals surface area contributed by atoms with E-state index in [1.807, 2.05) is 42.5 Å². The second-order valence-corrected chi connectivity index (χ2v) is 22.6. The van der Waals surface area contributed by atoms with Gasteiger partial charge < -0.3 is 19.0 Å². The molecule has 0 radical (unpaired) electrons. The van der Waals surface area contributed by atoms with Crippen LogP contribution in [0.5, 0.6) is 11.5 Å². The third-order valence-electron chi connectivity index (χ3n) is 12.9. The average Bonchev–Trinajstić information content (AvgIpc) is 3.90. The predicted octanol–water partition coefficient (Wildman–Crippen LogP) is 16.0. The van der Waals surface area contributed by atoms with Gasteiger partial charge >= 0.3 is 0 Å². The van der Waals surface area contributed by atoms with Crippen molar-refractivity contribution >= 4 is 22.2 Å². The second kappa shape index (κ2) is 16.3. The van der Waals surface area contributed by atoms with Gasteiger partial charge in [0.1, 0.15) is 28.9 Å². The Kier molecular flexibility index (Phi) is 11.1. The van der Waals surface area contributed by atoms with Gasteiger partial charge in [-0.25, -0.2) is 19.9 Å². The van der Waals surface area contributed by atoms with Crippen molar-refractivity contribution in [3.05, 3.63) is 143 Å². The molecule has 8 heteroatoms. The van der Waals surface area contributed by atoms with Crippen LogP contribution in [-0.2, 0) is 21.7 Å². The molecule has 0 fully saturated rings. The number of aromatic nitrogens is 4. The summed E-state index contributed by atoms with van der Waals surface area (Å²) in [4.78, 5) is 19.8. The van der Waals surface area contributed by atoms with E-state index >= 15 is 0 Å². The average molecular weight is 903 g/mol. The van der Waals surface area contributed by atoms with Crippen molar-refractivity contribution < 1.29 is 19.0 Å². The zero-order valence-electron chi connectivity index (χ0n) is 41.9. The first-order valence-corrected chi connectivity index (χ1v) is 23.5. The molecule has 3 heterocycles. The monoisotopic (exact) mass is 902 g/mol. The molecule has 6 aromatic carbocycles. The number of hydrogen-bond donors (Lipinski definition) is 2. The number of aromatic hydroxyl groups is 2. The van der Waals surface area contributed by atoms with Gasteiger partial charge in [-0.15, -0.1) is 0 Å². The molecule has 8 nitrogen and oxygen atoms in total. The van der Waals surface area contributed by atoms with Crippen LogP contribution in [0.4, 0.5) is 0 Å². The molecule has 0 aliphatic rings. The Morgan fingerprint density at radius 2 is 0.794 bits per heavy atom. The van der Waals surface area contributed by atoms with Gasteiger partial charge in [-0.3, -0.25) is 0 Å². The highest BCUT2D eigenvalue weighted by molar-refractivity contribution is 5.95. The molecule has 0 spiro atoms. The summed E-state index contributed by atoms with van der Waals surface area (Å²) in [6.07, 6.45) is 1.62. The van der Waals surface area contributed by atoms with E-state index in [1.165, 1.54) is 0 Å². The van der Waals surface area contributed by atoms with Crippen molar-refractivity contribution in [3.8, 4) is 79.2 Å².